The Morgan fingerprint density at radius 3 is 2.62 bits per heavy atom. The molecule has 6 nitrogen and oxygen atoms in total. The number of nitrogens with zero attached hydrogens (tertiary/aromatic N) is 5. The van der Waals surface area contributed by atoms with E-state index in [-0.39, 0.29) is 5.91 Å². The number of fused-ring (bicyclic) bond motifs is 1. The number of amides is 1. The van der Waals surface area contributed by atoms with Gasteiger partial charge in [0.1, 0.15) is 12.7 Å². The summed E-state index contributed by atoms with van der Waals surface area (Å²) in [5.41, 5.74) is 2.80. The number of piperidine rings is 1. The van der Waals surface area contributed by atoms with Gasteiger partial charge in [0.25, 0.3) is 5.91 Å². The molecule has 1 saturated heterocycles. The van der Waals surface area contributed by atoms with Crippen molar-refractivity contribution in [1.82, 2.24) is 24.6 Å². The highest BCUT2D eigenvalue weighted by Crippen LogP contribution is 2.40. The third-order valence-electron chi connectivity index (χ3n) is 5.52. The van der Waals surface area contributed by atoms with Gasteiger partial charge >= 0.3 is 0 Å². The van der Waals surface area contributed by atoms with Gasteiger partial charge in [-0.25, -0.2) is 9.67 Å². The minimum absolute atomic E-state index is 0.127. The lowest BCUT2D eigenvalue weighted by molar-refractivity contribution is 0.0691. The number of rotatable bonds is 3. The van der Waals surface area contributed by atoms with Crippen molar-refractivity contribution >= 4 is 16.8 Å². The fourth-order valence-corrected chi connectivity index (χ4v) is 3.87. The van der Waals surface area contributed by atoms with Crippen LogP contribution in [0.4, 0.5) is 0 Å². The Hall–Kier alpha value is -2.76. The van der Waals surface area contributed by atoms with Crippen LogP contribution in [-0.2, 0) is 0 Å². The molecule has 0 radical (unpaired) electrons. The van der Waals surface area contributed by atoms with Crippen molar-refractivity contribution in [3.8, 4) is 0 Å². The Balaban J connectivity index is 1.42. The van der Waals surface area contributed by atoms with Crippen molar-refractivity contribution in [1.29, 1.82) is 0 Å². The summed E-state index contributed by atoms with van der Waals surface area (Å²) in [7, 11) is 0. The van der Waals surface area contributed by atoms with Gasteiger partial charge in [0, 0.05) is 30.1 Å². The van der Waals surface area contributed by atoms with Crippen LogP contribution in [0.5, 0.6) is 0 Å². The number of carbonyl (C=O) groups excluding carboxylic acids is 1. The van der Waals surface area contributed by atoms with Gasteiger partial charge in [0.15, 0.2) is 0 Å². The molecule has 6 heteroatoms. The summed E-state index contributed by atoms with van der Waals surface area (Å²) >= 11 is 0. The maximum absolute atomic E-state index is 13.3. The van der Waals surface area contributed by atoms with E-state index < -0.39 is 0 Å². The predicted molar refractivity (Wildman–Crippen MR) is 97.9 cm³/mol. The maximum atomic E-state index is 13.3. The molecule has 5 rings (SSSR count). The summed E-state index contributed by atoms with van der Waals surface area (Å²) in [4.78, 5) is 24.1. The highest BCUT2D eigenvalue weighted by Gasteiger charge is 2.29. The molecule has 0 N–H and O–H groups in total. The number of hydrogen-bond acceptors (Lipinski definition) is 4. The van der Waals surface area contributed by atoms with Crippen LogP contribution in [0, 0.1) is 0 Å². The maximum Gasteiger partial charge on any atom is 0.254 e. The summed E-state index contributed by atoms with van der Waals surface area (Å²) in [5.74, 6) is 0.659. The second kappa shape index (κ2) is 6.20. The van der Waals surface area contributed by atoms with Crippen LogP contribution >= 0.6 is 0 Å². The molecule has 1 saturated carbocycles. The van der Waals surface area contributed by atoms with E-state index >= 15 is 0 Å². The zero-order valence-corrected chi connectivity index (χ0v) is 14.6. The Bertz CT molecular complexity index is 940. The number of benzene rings is 1. The molecule has 1 aromatic carbocycles. The fourth-order valence-electron chi connectivity index (χ4n) is 3.87. The van der Waals surface area contributed by atoms with Crippen LogP contribution in [0.2, 0.25) is 0 Å². The van der Waals surface area contributed by atoms with Gasteiger partial charge in [-0.15, -0.1) is 0 Å². The number of para-hydroxylation sites is 1. The second-order valence-electron chi connectivity index (χ2n) is 7.28. The molecule has 0 unspecified atom stereocenters. The normalized spacial score (nSPS) is 18.4. The van der Waals surface area contributed by atoms with Crippen molar-refractivity contribution in [3.63, 3.8) is 0 Å². The lowest BCUT2D eigenvalue weighted by Gasteiger charge is -2.32. The fraction of sp³-hybridized carbons (Fsp3) is 0.400. The van der Waals surface area contributed by atoms with E-state index in [9.17, 15) is 4.79 Å². The lowest BCUT2D eigenvalue weighted by Crippen LogP contribution is -2.39. The molecule has 1 amide bonds. The quantitative estimate of drug-likeness (QED) is 0.730. The second-order valence-corrected chi connectivity index (χ2v) is 7.28. The molecule has 0 spiro atoms. The summed E-state index contributed by atoms with van der Waals surface area (Å²) in [6, 6.07) is 10.4. The molecule has 132 valence electrons. The zero-order chi connectivity index (χ0) is 17.5. The van der Waals surface area contributed by atoms with Gasteiger partial charge in [-0.2, -0.15) is 5.10 Å². The van der Waals surface area contributed by atoms with Crippen molar-refractivity contribution < 1.29 is 4.79 Å². The summed E-state index contributed by atoms with van der Waals surface area (Å²) in [5, 5.41) is 5.20. The summed E-state index contributed by atoms with van der Waals surface area (Å²) in [6.45, 7) is 1.50. The molecule has 3 heterocycles. The largest absolute Gasteiger partial charge is 0.338 e. The van der Waals surface area contributed by atoms with E-state index in [1.807, 2.05) is 39.9 Å². The van der Waals surface area contributed by atoms with Gasteiger partial charge < -0.3 is 4.90 Å². The van der Waals surface area contributed by atoms with Gasteiger partial charge in [-0.3, -0.25) is 9.78 Å². The lowest BCUT2D eigenvalue weighted by atomic mass is 10.0. The topological polar surface area (TPSA) is 63.9 Å². The molecule has 1 aliphatic heterocycles. The number of carbonyl (C=O) groups is 1. The predicted octanol–water partition coefficient (Wildman–Crippen LogP) is 3.18. The highest BCUT2D eigenvalue weighted by atomic mass is 16.2. The SMILES string of the molecule is O=C(c1cc(C2CC2)nc2ccccc12)N1CCC(n2cncn2)CC1. The van der Waals surface area contributed by atoms with Gasteiger partial charge in [-0.05, 0) is 37.8 Å². The Labute approximate surface area is 151 Å². The monoisotopic (exact) mass is 347 g/mol. The minimum Gasteiger partial charge on any atom is -0.338 e. The van der Waals surface area contributed by atoms with E-state index in [4.69, 9.17) is 4.98 Å². The number of aromatic nitrogens is 4. The Kier molecular flexibility index (Phi) is 3.69. The molecule has 1 aliphatic carbocycles. The van der Waals surface area contributed by atoms with E-state index in [0.29, 0.717) is 12.0 Å². The molecule has 0 bridgehead atoms. The summed E-state index contributed by atoms with van der Waals surface area (Å²) in [6.07, 6.45) is 7.52. The third kappa shape index (κ3) is 2.75. The van der Waals surface area contributed by atoms with Crippen molar-refractivity contribution in [2.45, 2.75) is 37.6 Å². The van der Waals surface area contributed by atoms with Crippen LogP contribution in [0.1, 0.15) is 53.7 Å². The first kappa shape index (κ1) is 15.5. The van der Waals surface area contributed by atoms with Crippen molar-refractivity contribution in [2.24, 2.45) is 0 Å². The van der Waals surface area contributed by atoms with E-state index in [0.717, 1.165) is 48.1 Å². The van der Waals surface area contributed by atoms with E-state index in [1.54, 1.807) is 12.7 Å². The number of pyridine rings is 1. The van der Waals surface area contributed by atoms with Crippen LogP contribution in [0.15, 0.2) is 43.0 Å². The van der Waals surface area contributed by atoms with Crippen molar-refractivity contribution in [2.75, 3.05) is 13.1 Å². The van der Waals surface area contributed by atoms with E-state index in [2.05, 4.69) is 10.1 Å². The molecular weight excluding hydrogens is 326 g/mol. The standard InChI is InChI=1S/C20H21N5O/c26-20(24-9-7-15(8-10-24)25-13-21-12-22-25)17-11-19(14-5-6-14)23-18-4-2-1-3-16(17)18/h1-4,11-15H,5-10H2. The Morgan fingerprint density at radius 1 is 1.08 bits per heavy atom. The molecule has 2 fully saturated rings. The molecule has 2 aliphatic rings. The zero-order valence-electron chi connectivity index (χ0n) is 14.6. The van der Waals surface area contributed by atoms with Crippen LogP contribution in [0.25, 0.3) is 10.9 Å². The minimum atomic E-state index is 0.127. The molecule has 2 aromatic heterocycles. The average Bonchev–Trinajstić information content (AvgIpc) is 3.41. The molecule has 3 aromatic rings. The smallest absolute Gasteiger partial charge is 0.254 e. The molecule has 26 heavy (non-hydrogen) atoms. The Morgan fingerprint density at radius 2 is 1.88 bits per heavy atom. The van der Waals surface area contributed by atoms with Gasteiger partial charge in [0.2, 0.25) is 0 Å². The highest BCUT2D eigenvalue weighted by molar-refractivity contribution is 6.06. The van der Waals surface area contributed by atoms with Crippen LogP contribution < -0.4 is 0 Å². The third-order valence-corrected chi connectivity index (χ3v) is 5.52. The first-order valence-electron chi connectivity index (χ1n) is 9.32. The average molecular weight is 347 g/mol. The molecule has 0 atom stereocenters. The van der Waals surface area contributed by atoms with Crippen molar-refractivity contribution in [3.05, 3.63) is 54.2 Å². The van der Waals surface area contributed by atoms with E-state index in [1.165, 1.54) is 12.8 Å². The first-order valence-corrected chi connectivity index (χ1v) is 9.32. The molecular formula is C20H21N5O. The van der Waals surface area contributed by atoms with Gasteiger partial charge in [0.05, 0.1) is 17.1 Å². The van der Waals surface area contributed by atoms with Gasteiger partial charge in [-0.1, -0.05) is 18.2 Å². The number of hydrogen-bond donors (Lipinski definition) is 0. The first-order chi connectivity index (χ1) is 12.8. The summed E-state index contributed by atoms with van der Waals surface area (Å²) < 4.78 is 1.91. The number of likely N-dealkylation sites (tertiary alicyclic amines) is 1. The van der Waals surface area contributed by atoms with Crippen LogP contribution in [0.3, 0.4) is 0 Å². The van der Waals surface area contributed by atoms with Crippen LogP contribution in [-0.4, -0.2) is 43.6 Å².